The summed E-state index contributed by atoms with van der Waals surface area (Å²) in [6, 6.07) is 3.05. The second-order valence-electron chi connectivity index (χ2n) is 6.51. The minimum Gasteiger partial charge on any atom is -0.353 e. The van der Waals surface area contributed by atoms with Crippen molar-refractivity contribution in [3.8, 4) is 0 Å². The molecule has 25 heavy (non-hydrogen) atoms. The first-order chi connectivity index (χ1) is 12.2. The molecular formula is C17H21FN6O. The quantitative estimate of drug-likeness (QED) is 0.872. The zero-order valence-corrected chi connectivity index (χ0v) is 13.9. The largest absolute Gasteiger partial charge is 0.353 e. The Kier molecular flexibility index (Phi) is 4.25. The molecule has 0 aromatic carbocycles. The van der Waals surface area contributed by atoms with Crippen LogP contribution in [0.15, 0.2) is 24.5 Å². The molecule has 7 nitrogen and oxygen atoms in total. The molecule has 2 aromatic heterocycles. The van der Waals surface area contributed by atoms with Crippen LogP contribution in [0.3, 0.4) is 0 Å². The number of aryl methyl sites for hydroxylation is 1. The Morgan fingerprint density at radius 1 is 1.24 bits per heavy atom. The first-order valence-corrected chi connectivity index (χ1v) is 8.65. The van der Waals surface area contributed by atoms with Crippen LogP contribution >= 0.6 is 0 Å². The molecule has 132 valence electrons. The number of anilines is 1. The average Bonchev–Trinajstić information content (AvgIpc) is 3.12. The smallest absolute Gasteiger partial charge is 0.318 e. The number of nitrogens with one attached hydrogen (secondary N) is 2. The van der Waals surface area contributed by atoms with Crippen molar-refractivity contribution in [3.63, 3.8) is 0 Å². The molecule has 1 atom stereocenters. The molecule has 3 heterocycles. The molecule has 2 amide bonds. The number of amides is 2. The second-order valence-corrected chi connectivity index (χ2v) is 6.51. The van der Waals surface area contributed by atoms with Gasteiger partial charge in [-0.25, -0.2) is 14.2 Å². The Morgan fingerprint density at radius 3 is 2.84 bits per heavy atom. The molecule has 1 saturated heterocycles. The lowest BCUT2D eigenvalue weighted by Crippen LogP contribution is -2.52. The molecular weight excluding hydrogens is 323 g/mol. The fraction of sp³-hybridized carbons (Fsp3) is 0.471. The lowest BCUT2D eigenvalue weighted by molar-refractivity contribution is 0.188. The van der Waals surface area contributed by atoms with Gasteiger partial charge in [-0.15, -0.1) is 0 Å². The Bertz CT molecular complexity index is 738. The Hall–Kier alpha value is -2.64. The summed E-state index contributed by atoms with van der Waals surface area (Å²) in [5, 5.41) is 10.2. The maximum atomic E-state index is 13.0. The molecule has 8 heteroatoms. The predicted molar refractivity (Wildman–Crippen MR) is 90.8 cm³/mol. The molecule has 0 saturated carbocycles. The summed E-state index contributed by atoms with van der Waals surface area (Å²) in [6.45, 7) is 2.61. The van der Waals surface area contributed by atoms with E-state index in [1.807, 2.05) is 11.1 Å². The van der Waals surface area contributed by atoms with Crippen LogP contribution < -0.4 is 10.2 Å². The van der Waals surface area contributed by atoms with Crippen molar-refractivity contribution in [2.75, 3.05) is 31.1 Å². The number of aromatic nitrogens is 3. The number of halogens is 1. The van der Waals surface area contributed by atoms with Gasteiger partial charge in [-0.05, 0) is 37.0 Å². The number of nitrogens with zero attached hydrogens (tertiary/aromatic N) is 4. The van der Waals surface area contributed by atoms with Crippen molar-refractivity contribution >= 4 is 11.8 Å². The van der Waals surface area contributed by atoms with Crippen molar-refractivity contribution in [1.29, 1.82) is 0 Å². The SMILES string of the molecule is O=C(NC1CCCc2cn[nH]c21)N1CCN(c2ccc(F)cn2)CC1. The van der Waals surface area contributed by atoms with E-state index in [0.29, 0.717) is 26.2 Å². The first-order valence-electron chi connectivity index (χ1n) is 8.65. The molecule has 0 spiro atoms. The average molecular weight is 344 g/mol. The number of hydrogen-bond acceptors (Lipinski definition) is 4. The van der Waals surface area contributed by atoms with Gasteiger partial charge >= 0.3 is 6.03 Å². The van der Waals surface area contributed by atoms with E-state index in [1.54, 1.807) is 6.07 Å². The molecule has 4 rings (SSSR count). The van der Waals surface area contributed by atoms with Crippen molar-refractivity contribution in [2.24, 2.45) is 0 Å². The summed E-state index contributed by atoms with van der Waals surface area (Å²) >= 11 is 0. The van der Waals surface area contributed by atoms with Gasteiger partial charge in [0.15, 0.2) is 0 Å². The monoisotopic (exact) mass is 344 g/mol. The number of carbonyl (C=O) groups is 1. The van der Waals surface area contributed by atoms with Gasteiger partial charge in [-0.1, -0.05) is 0 Å². The number of hydrogen-bond donors (Lipinski definition) is 2. The van der Waals surface area contributed by atoms with E-state index in [4.69, 9.17) is 0 Å². The molecule has 1 aliphatic heterocycles. The summed E-state index contributed by atoms with van der Waals surface area (Å²) < 4.78 is 13.0. The van der Waals surface area contributed by atoms with Gasteiger partial charge in [0, 0.05) is 26.2 Å². The predicted octanol–water partition coefficient (Wildman–Crippen LogP) is 1.85. The van der Waals surface area contributed by atoms with Gasteiger partial charge < -0.3 is 15.1 Å². The van der Waals surface area contributed by atoms with Crippen LogP contribution in [-0.2, 0) is 6.42 Å². The van der Waals surface area contributed by atoms with E-state index in [9.17, 15) is 9.18 Å². The fourth-order valence-corrected chi connectivity index (χ4v) is 3.54. The summed E-state index contributed by atoms with van der Waals surface area (Å²) in [5.41, 5.74) is 2.23. The van der Waals surface area contributed by atoms with Gasteiger partial charge in [0.05, 0.1) is 24.1 Å². The molecule has 0 radical (unpaired) electrons. The molecule has 1 unspecified atom stereocenters. The highest BCUT2D eigenvalue weighted by atomic mass is 19.1. The molecule has 1 fully saturated rings. The van der Waals surface area contributed by atoms with E-state index in [2.05, 4.69) is 25.4 Å². The number of carbonyl (C=O) groups excluding carboxylic acids is 1. The van der Waals surface area contributed by atoms with Crippen LogP contribution in [0.25, 0.3) is 0 Å². The standard InChI is InChI=1S/C17H21FN6O/c18-13-4-5-15(19-11-13)23-6-8-24(9-7-23)17(25)21-14-3-1-2-12-10-20-22-16(12)14/h4-5,10-11,14H,1-3,6-9H2,(H,20,22)(H,21,25). The molecule has 2 aliphatic rings. The third-order valence-corrected chi connectivity index (χ3v) is 4.94. The molecule has 2 N–H and O–H groups in total. The van der Waals surface area contributed by atoms with Crippen LogP contribution in [0.5, 0.6) is 0 Å². The van der Waals surface area contributed by atoms with Crippen LogP contribution in [0, 0.1) is 5.82 Å². The van der Waals surface area contributed by atoms with Crippen LogP contribution in [0.1, 0.15) is 30.1 Å². The Labute approximate surface area is 145 Å². The van der Waals surface area contributed by atoms with Gasteiger partial charge in [-0.3, -0.25) is 5.10 Å². The lowest BCUT2D eigenvalue weighted by atomic mass is 9.94. The number of fused-ring (bicyclic) bond motifs is 1. The van der Waals surface area contributed by atoms with Gasteiger partial charge in [-0.2, -0.15) is 5.10 Å². The van der Waals surface area contributed by atoms with Crippen molar-refractivity contribution in [2.45, 2.75) is 25.3 Å². The number of piperazine rings is 1. The highest BCUT2D eigenvalue weighted by Crippen LogP contribution is 2.27. The number of urea groups is 1. The number of rotatable bonds is 2. The third kappa shape index (κ3) is 3.29. The Morgan fingerprint density at radius 2 is 2.08 bits per heavy atom. The normalized spacial score (nSPS) is 20.3. The number of aromatic amines is 1. The van der Waals surface area contributed by atoms with Gasteiger partial charge in [0.1, 0.15) is 11.6 Å². The zero-order chi connectivity index (χ0) is 17.2. The van der Waals surface area contributed by atoms with E-state index in [0.717, 1.165) is 30.8 Å². The van der Waals surface area contributed by atoms with E-state index < -0.39 is 0 Å². The number of pyridine rings is 1. The maximum absolute atomic E-state index is 13.0. The molecule has 1 aliphatic carbocycles. The molecule has 2 aromatic rings. The summed E-state index contributed by atoms with van der Waals surface area (Å²) in [7, 11) is 0. The maximum Gasteiger partial charge on any atom is 0.318 e. The van der Waals surface area contributed by atoms with Crippen molar-refractivity contribution in [3.05, 3.63) is 41.6 Å². The second kappa shape index (κ2) is 6.70. The highest BCUT2D eigenvalue weighted by molar-refractivity contribution is 5.75. The molecule has 0 bridgehead atoms. The van der Waals surface area contributed by atoms with Crippen LogP contribution in [0.4, 0.5) is 15.0 Å². The summed E-state index contributed by atoms with van der Waals surface area (Å²) in [5.74, 6) is 0.406. The topological polar surface area (TPSA) is 77.2 Å². The summed E-state index contributed by atoms with van der Waals surface area (Å²) in [6.07, 6.45) is 6.07. The van der Waals surface area contributed by atoms with Crippen LogP contribution in [-0.4, -0.2) is 52.3 Å². The minimum atomic E-state index is -0.340. The fourth-order valence-electron chi connectivity index (χ4n) is 3.54. The van der Waals surface area contributed by atoms with Gasteiger partial charge in [0.2, 0.25) is 0 Å². The van der Waals surface area contributed by atoms with Crippen LogP contribution in [0.2, 0.25) is 0 Å². The summed E-state index contributed by atoms with van der Waals surface area (Å²) in [4.78, 5) is 20.6. The first kappa shape index (κ1) is 15.9. The van der Waals surface area contributed by atoms with E-state index in [1.165, 1.54) is 17.8 Å². The lowest BCUT2D eigenvalue weighted by Gasteiger charge is -2.36. The van der Waals surface area contributed by atoms with Crippen molar-refractivity contribution < 1.29 is 9.18 Å². The third-order valence-electron chi connectivity index (χ3n) is 4.94. The number of H-pyrrole nitrogens is 1. The highest BCUT2D eigenvalue weighted by Gasteiger charge is 2.27. The Balaban J connectivity index is 1.34. The van der Waals surface area contributed by atoms with Crippen molar-refractivity contribution in [1.82, 2.24) is 25.4 Å². The van der Waals surface area contributed by atoms with E-state index in [-0.39, 0.29) is 17.9 Å². The minimum absolute atomic E-state index is 0.00976. The zero-order valence-electron chi connectivity index (χ0n) is 13.9. The van der Waals surface area contributed by atoms with Gasteiger partial charge in [0.25, 0.3) is 0 Å². The van der Waals surface area contributed by atoms with E-state index >= 15 is 0 Å².